The summed E-state index contributed by atoms with van der Waals surface area (Å²) in [6.45, 7) is 7.40. The molecule has 0 radical (unpaired) electrons. The molecule has 6 nitrogen and oxygen atoms in total. The summed E-state index contributed by atoms with van der Waals surface area (Å²) in [6, 6.07) is 10.7. The third-order valence-corrected chi connectivity index (χ3v) is 6.58. The SMILES string of the molecule is CCc1c(Cc2cc(C)c(O)c(C)c2C(=O)c2ccc(F)cc2)ccc(OCP(=O)(O)O)c1CC. The molecule has 0 fully saturated rings. The third-order valence-electron chi connectivity index (χ3n) is 6.11. The zero-order chi connectivity index (χ0) is 25.9. The van der Waals surface area contributed by atoms with Gasteiger partial charge in [0.15, 0.2) is 12.1 Å². The standard InChI is InChI=1S/C27H30FO6P/c1-5-22-19(9-12-24(23(22)6-2)34-15-35(31,32)33)14-20-13-16(3)26(29)17(4)25(20)27(30)18-7-10-21(28)11-8-18/h7-13,29H,5-6,14-15H2,1-4H3,(H2,31,32,33). The van der Waals surface area contributed by atoms with Crippen LogP contribution >= 0.6 is 7.60 Å². The Morgan fingerprint density at radius 3 is 2.17 bits per heavy atom. The lowest BCUT2D eigenvalue weighted by molar-refractivity contribution is 0.103. The molecule has 3 N–H and O–H groups in total. The van der Waals surface area contributed by atoms with Gasteiger partial charge in [0.2, 0.25) is 0 Å². The molecule has 0 bridgehead atoms. The minimum Gasteiger partial charge on any atom is -0.507 e. The van der Waals surface area contributed by atoms with E-state index in [0.717, 1.165) is 22.3 Å². The van der Waals surface area contributed by atoms with Crippen LogP contribution < -0.4 is 4.74 Å². The molecule has 0 aliphatic carbocycles. The van der Waals surface area contributed by atoms with E-state index < -0.39 is 19.8 Å². The highest BCUT2D eigenvalue weighted by Gasteiger charge is 2.23. The van der Waals surface area contributed by atoms with Crippen LogP contribution in [0.3, 0.4) is 0 Å². The molecule has 8 heteroatoms. The summed E-state index contributed by atoms with van der Waals surface area (Å²) in [6.07, 6.45) is 0.958. The lowest BCUT2D eigenvalue weighted by atomic mass is 9.86. The Kier molecular flexibility index (Phi) is 8.16. The van der Waals surface area contributed by atoms with Crippen molar-refractivity contribution in [2.45, 2.75) is 47.0 Å². The number of ether oxygens (including phenoxy) is 1. The van der Waals surface area contributed by atoms with Gasteiger partial charge in [0.05, 0.1) is 0 Å². The van der Waals surface area contributed by atoms with Crippen molar-refractivity contribution in [1.82, 2.24) is 0 Å². The normalized spacial score (nSPS) is 11.5. The maximum atomic E-state index is 13.4. The maximum absolute atomic E-state index is 13.4. The van der Waals surface area contributed by atoms with Gasteiger partial charge in [0, 0.05) is 16.7 Å². The number of ketones is 1. The largest absolute Gasteiger partial charge is 0.507 e. The molecule has 0 amide bonds. The van der Waals surface area contributed by atoms with Crippen LogP contribution in [0.4, 0.5) is 4.39 Å². The van der Waals surface area contributed by atoms with E-state index in [2.05, 4.69) is 0 Å². The number of aromatic hydroxyl groups is 1. The number of rotatable bonds is 9. The second-order valence-electron chi connectivity index (χ2n) is 8.54. The first-order valence-electron chi connectivity index (χ1n) is 11.4. The molecule has 3 aromatic carbocycles. The molecule has 0 spiro atoms. The van der Waals surface area contributed by atoms with E-state index in [0.29, 0.717) is 47.3 Å². The molecule has 3 aromatic rings. The number of halogens is 1. The number of carbonyl (C=O) groups excluding carboxylic acids is 1. The van der Waals surface area contributed by atoms with Crippen molar-refractivity contribution in [3.8, 4) is 11.5 Å². The summed E-state index contributed by atoms with van der Waals surface area (Å²) in [5, 5.41) is 10.6. The van der Waals surface area contributed by atoms with E-state index in [1.165, 1.54) is 24.3 Å². The number of aryl methyl sites for hydroxylation is 1. The van der Waals surface area contributed by atoms with E-state index >= 15 is 0 Å². The van der Waals surface area contributed by atoms with Crippen LogP contribution in [-0.2, 0) is 23.8 Å². The third kappa shape index (κ3) is 5.99. The quantitative estimate of drug-likeness (QED) is 0.261. The van der Waals surface area contributed by atoms with Gasteiger partial charge >= 0.3 is 7.60 Å². The number of hydrogen-bond acceptors (Lipinski definition) is 4. The Morgan fingerprint density at radius 1 is 0.971 bits per heavy atom. The Balaban J connectivity index is 2.10. The number of carbonyl (C=O) groups is 1. The average molecular weight is 501 g/mol. The molecule has 0 unspecified atom stereocenters. The van der Waals surface area contributed by atoms with Crippen molar-refractivity contribution in [3.05, 3.63) is 92.8 Å². The molecule has 0 saturated carbocycles. The van der Waals surface area contributed by atoms with Crippen molar-refractivity contribution >= 4 is 13.4 Å². The molecule has 35 heavy (non-hydrogen) atoms. The Morgan fingerprint density at radius 2 is 1.60 bits per heavy atom. The fourth-order valence-electron chi connectivity index (χ4n) is 4.47. The van der Waals surface area contributed by atoms with Gasteiger partial charge in [-0.15, -0.1) is 0 Å². The predicted molar refractivity (Wildman–Crippen MR) is 133 cm³/mol. The summed E-state index contributed by atoms with van der Waals surface area (Å²) in [5.41, 5.74) is 5.33. The zero-order valence-corrected chi connectivity index (χ0v) is 21.2. The molecule has 0 aromatic heterocycles. The van der Waals surface area contributed by atoms with E-state index in [9.17, 15) is 28.6 Å². The molecule has 3 rings (SSSR count). The number of phenolic OH excluding ortho intramolecular Hbond substituents is 1. The average Bonchev–Trinajstić information content (AvgIpc) is 2.81. The zero-order valence-electron chi connectivity index (χ0n) is 20.3. The van der Waals surface area contributed by atoms with E-state index in [1.54, 1.807) is 26.0 Å². The van der Waals surface area contributed by atoms with Gasteiger partial charge in [0.25, 0.3) is 0 Å². The summed E-state index contributed by atoms with van der Waals surface area (Å²) >= 11 is 0. The van der Waals surface area contributed by atoms with Crippen LogP contribution in [0.2, 0.25) is 0 Å². The molecular weight excluding hydrogens is 470 g/mol. The van der Waals surface area contributed by atoms with Crippen molar-refractivity contribution in [1.29, 1.82) is 0 Å². The van der Waals surface area contributed by atoms with Crippen molar-refractivity contribution in [3.63, 3.8) is 0 Å². The highest BCUT2D eigenvalue weighted by atomic mass is 31.2. The van der Waals surface area contributed by atoms with Crippen molar-refractivity contribution in [2.24, 2.45) is 0 Å². The molecule has 0 heterocycles. The van der Waals surface area contributed by atoms with Crippen LogP contribution in [0.25, 0.3) is 0 Å². The summed E-state index contributed by atoms with van der Waals surface area (Å²) < 4.78 is 30.2. The second-order valence-corrected chi connectivity index (χ2v) is 10.1. The smallest absolute Gasteiger partial charge is 0.362 e. The van der Waals surface area contributed by atoms with Crippen LogP contribution in [0, 0.1) is 19.7 Å². The molecular formula is C27H30FO6P. The summed E-state index contributed by atoms with van der Waals surface area (Å²) in [5.74, 6) is -0.267. The lowest BCUT2D eigenvalue weighted by Gasteiger charge is -2.20. The second kappa shape index (κ2) is 10.7. The minimum absolute atomic E-state index is 0.0466. The van der Waals surface area contributed by atoms with Gasteiger partial charge in [-0.3, -0.25) is 9.36 Å². The Hall–Kier alpha value is -2.99. The fourth-order valence-corrected chi connectivity index (χ4v) is 4.77. The highest BCUT2D eigenvalue weighted by Crippen LogP contribution is 2.37. The molecule has 0 saturated heterocycles. The van der Waals surface area contributed by atoms with Gasteiger partial charge < -0.3 is 19.6 Å². The van der Waals surface area contributed by atoms with Crippen LogP contribution in [-0.4, -0.2) is 27.0 Å². The van der Waals surface area contributed by atoms with Gasteiger partial charge in [-0.1, -0.05) is 26.0 Å². The van der Waals surface area contributed by atoms with Gasteiger partial charge in [-0.05, 0) is 91.3 Å². The molecule has 0 atom stereocenters. The van der Waals surface area contributed by atoms with Crippen molar-refractivity contribution in [2.75, 3.05) is 6.35 Å². The lowest BCUT2D eigenvalue weighted by Crippen LogP contribution is -2.11. The number of hydrogen-bond donors (Lipinski definition) is 3. The minimum atomic E-state index is -4.32. The summed E-state index contributed by atoms with van der Waals surface area (Å²) in [4.78, 5) is 31.8. The van der Waals surface area contributed by atoms with Gasteiger partial charge in [0.1, 0.15) is 17.3 Å². The van der Waals surface area contributed by atoms with Crippen LogP contribution in [0.1, 0.15) is 63.1 Å². The summed E-state index contributed by atoms with van der Waals surface area (Å²) in [7, 11) is -4.32. The Bertz CT molecular complexity index is 1290. The van der Waals surface area contributed by atoms with Gasteiger partial charge in [-0.25, -0.2) is 4.39 Å². The van der Waals surface area contributed by atoms with Crippen LogP contribution in [0.5, 0.6) is 11.5 Å². The van der Waals surface area contributed by atoms with Crippen molar-refractivity contribution < 1.29 is 33.4 Å². The first-order valence-corrected chi connectivity index (χ1v) is 13.2. The van der Waals surface area contributed by atoms with E-state index in [4.69, 9.17) is 4.74 Å². The fraction of sp³-hybridized carbons (Fsp3) is 0.296. The topological polar surface area (TPSA) is 104 Å². The predicted octanol–water partition coefficient (Wildman–Crippen LogP) is 5.61. The Labute approximate surface area is 204 Å². The van der Waals surface area contributed by atoms with E-state index in [1.807, 2.05) is 19.9 Å². The maximum Gasteiger partial charge on any atom is 0.362 e. The molecule has 186 valence electrons. The monoisotopic (exact) mass is 500 g/mol. The molecule has 0 aliphatic rings. The molecule has 0 aliphatic heterocycles. The van der Waals surface area contributed by atoms with Gasteiger partial charge in [-0.2, -0.15) is 0 Å². The first-order chi connectivity index (χ1) is 16.5. The first kappa shape index (κ1) is 26.6. The van der Waals surface area contributed by atoms with Crippen LogP contribution in [0.15, 0.2) is 42.5 Å². The number of benzene rings is 3. The van der Waals surface area contributed by atoms with E-state index in [-0.39, 0.29) is 11.5 Å². The highest BCUT2D eigenvalue weighted by molar-refractivity contribution is 7.51. The number of phenols is 1.